The summed E-state index contributed by atoms with van der Waals surface area (Å²) in [5.41, 5.74) is 0.794. The average Bonchev–Trinajstić information content (AvgIpc) is 2.34. The Morgan fingerprint density at radius 2 is 1.94 bits per heavy atom. The normalized spacial score (nSPS) is 12.0. The van der Waals surface area contributed by atoms with Gasteiger partial charge in [-0.3, -0.25) is 5.32 Å². The molecule has 0 saturated heterocycles. The van der Waals surface area contributed by atoms with Crippen LogP contribution in [-0.4, -0.2) is 20.3 Å². The fourth-order valence-electron chi connectivity index (χ4n) is 1.67. The molecule has 0 aromatic heterocycles. The zero-order chi connectivity index (χ0) is 12.8. The first kappa shape index (κ1) is 13.3. The van der Waals surface area contributed by atoms with E-state index in [-0.39, 0.29) is 6.04 Å². The number of ether oxygens (including phenoxy) is 2. The minimum absolute atomic E-state index is 0.218. The van der Waals surface area contributed by atoms with E-state index in [1.165, 1.54) is 0 Å². The van der Waals surface area contributed by atoms with Crippen molar-refractivity contribution >= 4 is 0 Å². The molecule has 17 heavy (non-hydrogen) atoms. The van der Waals surface area contributed by atoms with Gasteiger partial charge < -0.3 is 9.47 Å². The van der Waals surface area contributed by atoms with E-state index in [1.54, 1.807) is 14.2 Å². The molecule has 1 rings (SSSR count). The lowest BCUT2D eigenvalue weighted by atomic mass is 10.1. The number of para-hydroxylation sites is 1. The fraction of sp³-hybridized carbons (Fsp3) is 0.462. The van der Waals surface area contributed by atoms with Crippen LogP contribution in [0, 0.1) is 11.3 Å². The maximum absolute atomic E-state index is 9.20. The number of hydrogen-bond acceptors (Lipinski definition) is 4. The molecule has 1 N–H and O–H groups in total. The Labute approximate surface area is 102 Å². The summed E-state index contributed by atoms with van der Waals surface area (Å²) in [7, 11) is 3.16. The van der Waals surface area contributed by atoms with Crippen molar-refractivity contribution in [1.29, 1.82) is 5.26 Å². The third-order valence-electron chi connectivity index (χ3n) is 2.37. The van der Waals surface area contributed by atoms with Crippen molar-refractivity contribution in [3.63, 3.8) is 0 Å². The Morgan fingerprint density at radius 3 is 2.41 bits per heavy atom. The zero-order valence-corrected chi connectivity index (χ0v) is 10.7. The molecule has 92 valence electrons. The van der Waals surface area contributed by atoms with Crippen LogP contribution in [0.15, 0.2) is 18.2 Å². The van der Waals surface area contributed by atoms with E-state index in [0.29, 0.717) is 11.5 Å². The first-order valence-electron chi connectivity index (χ1n) is 5.50. The van der Waals surface area contributed by atoms with E-state index < -0.39 is 6.04 Å². The molecule has 0 amide bonds. The number of nitrogens with zero attached hydrogens (tertiary/aromatic N) is 1. The summed E-state index contributed by atoms with van der Waals surface area (Å²) < 4.78 is 10.5. The predicted octanol–water partition coefficient (Wildman–Crippen LogP) is 2.27. The molecule has 4 nitrogen and oxygen atoms in total. The molecule has 1 atom stereocenters. The highest BCUT2D eigenvalue weighted by molar-refractivity contribution is 5.49. The maximum Gasteiger partial charge on any atom is 0.166 e. The van der Waals surface area contributed by atoms with Crippen LogP contribution < -0.4 is 14.8 Å². The number of nitriles is 1. The molecule has 1 aromatic carbocycles. The standard InChI is InChI=1S/C13H18N2O2/c1-9(2)15-11(8-14)10-6-5-7-12(16-3)13(10)17-4/h5-7,9,11,15H,1-4H3. The molecule has 0 aliphatic carbocycles. The van der Waals surface area contributed by atoms with E-state index in [9.17, 15) is 5.26 Å². The Balaban J connectivity index is 3.15. The largest absolute Gasteiger partial charge is 0.493 e. The van der Waals surface area contributed by atoms with Gasteiger partial charge in [-0.2, -0.15) is 5.26 Å². The molecule has 0 heterocycles. The number of methoxy groups -OCH3 is 2. The molecule has 4 heteroatoms. The van der Waals surface area contributed by atoms with Gasteiger partial charge in [0.15, 0.2) is 11.5 Å². The Hall–Kier alpha value is -1.73. The summed E-state index contributed by atoms with van der Waals surface area (Å²) in [4.78, 5) is 0. The van der Waals surface area contributed by atoms with Gasteiger partial charge in [0.1, 0.15) is 6.04 Å². The van der Waals surface area contributed by atoms with Crippen LogP contribution >= 0.6 is 0 Å². The molecule has 0 saturated carbocycles. The highest BCUT2D eigenvalue weighted by atomic mass is 16.5. The molecule has 0 aliphatic heterocycles. The molecule has 0 bridgehead atoms. The van der Waals surface area contributed by atoms with Crippen molar-refractivity contribution in [2.24, 2.45) is 0 Å². The monoisotopic (exact) mass is 234 g/mol. The van der Waals surface area contributed by atoms with Crippen molar-refractivity contribution in [2.45, 2.75) is 25.9 Å². The van der Waals surface area contributed by atoms with Gasteiger partial charge in [-0.25, -0.2) is 0 Å². The Bertz CT molecular complexity index is 410. The molecular weight excluding hydrogens is 216 g/mol. The number of rotatable bonds is 5. The SMILES string of the molecule is COc1cccc(C(C#N)NC(C)C)c1OC. The molecule has 1 unspecified atom stereocenters. The average molecular weight is 234 g/mol. The quantitative estimate of drug-likeness (QED) is 0.849. The summed E-state index contributed by atoms with van der Waals surface area (Å²) in [6.45, 7) is 3.99. The van der Waals surface area contributed by atoms with Crippen LogP contribution in [0.4, 0.5) is 0 Å². The topological polar surface area (TPSA) is 54.3 Å². The van der Waals surface area contributed by atoms with Crippen molar-refractivity contribution < 1.29 is 9.47 Å². The Kier molecular flexibility index (Phi) is 4.80. The van der Waals surface area contributed by atoms with Crippen LogP contribution in [0.5, 0.6) is 11.5 Å². The fourth-order valence-corrected chi connectivity index (χ4v) is 1.67. The van der Waals surface area contributed by atoms with Gasteiger partial charge >= 0.3 is 0 Å². The van der Waals surface area contributed by atoms with Crippen LogP contribution in [0.25, 0.3) is 0 Å². The van der Waals surface area contributed by atoms with Crippen LogP contribution in [0.2, 0.25) is 0 Å². The highest BCUT2D eigenvalue weighted by Crippen LogP contribution is 2.34. The van der Waals surface area contributed by atoms with E-state index in [2.05, 4.69) is 11.4 Å². The molecule has 0 spiro atoms. The summed E-state index contributed by atoms with van der Waals surface area (Å²) >= 11 is 0. The molecular formula is C13H18N2O2. The third-order valence-corrected chi connectivity index (χ3v) is 2.37. The van der Waals surface area contributed by atoms with Gasteiger partial charge in [-0.1, -0.05) is 12.1 Å². The smallest absolute Gasteiger partial charge is 0.166 e. The third kappa shape index (κ3) is 3.11. The molecule has 1 aromatic rings. The second-order valence-corrected chi connectivity index (χ2v) is 3.97. The van der Waals surface area contributed by atoms with Crippen LogP contribution in [0.3, 0.4) is 0 Å². The van der Waals surface area contributed by atoms with Gasteiger partial charge in [-0.05, 0) is 19.9 Å². The van der Waals surface area contributed by atoms with E-state index in [4.69, 9.17) is 9.47 Å². The van der Waals surface area contributed by atoms with E-state index >= 15 is 0 Å². The van der Waals surface area contributed by atoms with Gasteiger partial charge in [0.25, 0.3) is 0 Å². The summed E-state index contributed by atoms with van der Waals surface area (Å²) in [6, 6.07) is 7.57. The first-order valence-corrected chi connectivity index (χ1v) is 5.50. The summed E-state index contributed by atoms with van der Waals surface area (Å²) in [5.74, 6) is 1.24. The van der Waals surface area contributed by atoms with E-state index in [1.807, 2.05) is 32.0 Å². The lowest BCUT2D eigenvalue weighted by Gasteiger charge is -2.19. The first-order chi connectivity index (χ1) is 8.13. The molecule has 0 aliphatic rings. The number of hydrogen-bond donors (Lipinski definition) is 1. The van der Waals surface area contributed by atoms with Crippen molar-refractivity contribution in [3.05, 3.63) is 23.8 Å². The molecule has 0 fully saturated rings. The van der Waals surface area contributed by atoms with Crippen molar-refractivity contribution in [1.82, 2.24) is 5.32 Å². The summed E-state index contributed by atoms with van der Waals surface area (Å²) in [5, 5.41) is 12.4. The van der Waals surface area contributed by atoms with Crippen molar-refractivity contribution in [3.8, 4) is 17.6 Å². The van der Waals surface area contributed by atoms with Gasteiger partial charge in [0.2, 0.25) is 0 Å². The number of nitrogens with one attached hydrogen (secondary N) is 1. The maximum atomic E-state index is 9.20. The molecule has 0 radical (unpaired) electrons. The van der Waals surface area contributed by atoms with Gasteiger partial charge in [0, 0.05) is 11.6 Å². The predicted molar refractivity (Wildman–Crippen MR) is 66.2 cm³/mol. The van der Waals surface area contributed by atoms with Gasteiger partial charge in [-0.15, -0.1) is 0 Å². The highest BCUT2D eigenvalue weighted by Gasteiger charge is 2.19. The van der Waals surface area contributed by atoms with Gasteiger partial charge in [0.05, 0.1) is 20.3 Å². The lowest BCUT2D eigenvalue weighted by Crippen LogP contribution is -2.27. The number of benzene rings is 1. The summed E-state index contributed by atoms with van der Waals surface area (Å²) in [6.07, 6.45) is 0. The van der Waals surface area contributed by atoms with Crippen molar-refractivity contribution in [2.75, 3.05) is 14.2 Å². The second-order valence-electron chi connectivity index (χ2n) is 3.97. The Morgan fingerprint density at radius 1 is 1.24 bits per heavy atom. The second kappa shape index (κ2) is 6.12. The van der Waals surface area contributed by atoms with E-state index in [0.717, 1.165) is 5.56 Å². The minimum Gasteiger partial charge on any atom is -0.493 e. The van der Waals surface area contributed by atoms with Crippen LogP contribution in [-0.2, 0) is 0 Å². The van der Waals surface area contributed by atoms with Crippen LogP contribution in [0.1, 0.15) is 25.5 Å². The minimum atomic E-state index is -0.403. The zero-order valence-electron chi connectivity index (χ0n) is 10.7. The lowest BCUT2D eigenvalue weighted by molar-refractivity contribution is 0.348.